The number of hydrogen-bond donors (Lipinski definition) is 1. The molecule has 1 saturated heterocycles. The number of rotatable bonds is 3. The zero-order chi connectivity index (χ0) is 17.8. The third-order valence-corrected chi connectivity index (χ3v) is 5.21. The maximum atomic E-state index is 12.5. The van der Waals surface area contributed by atoms with Crippen LogP contribution >= 0.6 is 23.2 Å². The van der Waals surface area contributed by atoms with Gasteiger partial charge >= 0.3 is 6.03 Å². The van der Waals surface area contributed by atoms with Crippen LogP contribution in [0.2, 0.25) is 10.0 Å². The topological polar surface area (TPSA) is 35.6 Å². The summed E-state index contributed by atoms with van der Waals surface area (Å²) in [5.41, 5.74) is 3.07. The fourth-order valence-electron chi connectivity index (χ4n) is 2.99. The molecular formula is C19H21Cl2N3O. The highest BCUT2D eigenvalue weighted by molar-refractivity contribution is 6.42. The lowest BCUT2D eigenvalue weighted by molar-refractivity contribution is 0.208. The molecule has 0 unspecified atom stereocenters. The summed E-state index contributed by atoms with van der Waals surface area (Å²) in [6.07, 6.45) is 0.890. The molecule has 132 valence electrons. The minimum atomic E-state index is -0.0466. The Bertz CT molecular complexity index is 758. The first-order valence-electron chi connectivity index (χ1n) is 8.42. The van der Waals surface area contributed by atoms with Crippen molar-refractivity contribution in [1.29, 1.82) is 0 Å². The summed E-state index contributed by atoms with van der Waals surface area (Å²) >= 11 is 12.1. The van der Waals surface area contributed by atoms with Crippen molar-refractivity contribution in [3.05, 3.63) is 58.1 Å². The highest BCUT2D eigenvalue weighted by atomic mass is 35.5. The van der Waals surface area contributed by atoms with E-state index in [0.717, 1.165) is 36.4 Å². The number of aryl methyl sites for hydroxylation is 1. The maximum Gasteiger partial charge on any atom is 0.321 e. The quantitative estimate of drug-likeness (QED) is 0.824. The van der Waals surface area contributed by atoms with Crippen molar-refractivity contribution in [2.45, 2.75) is 13.3 Å². The number of amides is 2. The molecule has 6 heteroatoms. The van der Waals surface area contributed by atoms with Gasteiger partial charge in [-0.1, -0.05) is 48.3 Å². The van der Waals surface area contributed by atoms with Crippen LogP contribution in [0.4, 0.5) is 16.2 Å². The van der Waals surface area contributed by atoms with Gasteiger partial charge in [-0.05, 0) is 36.2 Å². The van der Waals surface area contributed by atoms with E-state index in [1.165, 1.54) is 0 Å². The third kappa shape index (κ3) is 4.20. The molecule has 0 atom stereocenters. The Morgan fingerprint density at radius 3 is 2.44 bits per heavy atom. The van der Waals surface area contributed by atoms with E-state index in [0.29, 0.717) is 23.1 Å². The van der Waals surface area contributed by atoms with Crippen LogP contribution in [0.3, 0.4) is 0 Å². The first-order chi connectivity index (χ1) is 12.1. The molecule has 1 aliphatic rings. The number of nitrogens with zero attached hydrogens (tertiary/aromatic N) is 2. The standard InChI is InChI=1S/C19H21Cl2N3O/c1-2-14-5-3-4-6-18(14)22-19(25)24-11-9-23(10-12-24)15-7-8-16(20)17(21)13-15/h3-8,13H,2,9-12H2,1H3,(H,22,25). The molecule has 2 amide bonds. The highest BCUT2D eigenvalue weighted by Crippen LogP contribution is 2.28. The van der Waals surface area contributed by atoms with Crippen LogP contribution in [-0.2, 0) is 6.42 Å². The average Bonchev–Trinajstić information content (AvgIpc) is 2.64. The van der Waals surface area contributed by atoms with Crippen LogP contribution in [0.15, 0.2) is 42.5 Å². The number of benzene rings is 2. The van der Waals surface area contributed by atoms with Gasteiger partial charge in [-0.3, -0.25) is 0 Å². The number of urea groups is 1. The Morgan fingerprint density at radius 2 is 1.76 bits per heavy atom. The Kier molecular flexibility index (Phi) is 5.71. The second kappa shape index (κ2) is 7.98. The van der Waals surface area contributed by atoms with Gasteiger partial charge in [-0.15, -0.1) is 0 Å². The largest absolute Gasteiger partial charge is 0.368 e. The Balaban J connectivity index is 1.60. The molecule has 1 fully saturated rings. The van der Waals surface area contributed by atoms with Gasteiger partial charge in [0.15, 0.2) is 0 Å². The molecule has 0 radical (unpaired) electrons. The molecule has 0 bridgehead atoms. The minimum Gasteiger partial charge on any atom is -0.368 e. The Hall–Kier alpha value is -1.91. The molecule has 0 spiro atoms. The van der Waals surface area contributed by atoms with Crippen molar-refractivity contribution in [3.63, 3.8) is 0 Å². The predicted octanol–water partition coefficient (Wildman–Crippen LogP) is 4.91. The number of hydrogen-bond acceptors (Lipinski definition) is 2. The number of nitrogens with one attached hydrogen (secondary N) is 1. The molecule has 2 aromatic rings. The molecule has 1 aliphatic heterocycles. The summed E-state index contributed by atoms with van der Waals surface area (Å²) in [6.45, 7) is 4.95. The summed E-state index contributed by atoms with van der Waals surface area (Å²) in [7, 11) is 0. The molecule has 1 N–H and O–H groups in total. The number of carbonyl (C=O) groups excluding carboxylic acids is 1. The zero-order valence-electron chi connectivity index (χ0n) is 14.1. The Labute approximate surface area is 158 Å². The van der Waals surface area contributed by atoms with E-state index in [1.54, 1.807) is 6.07 Å². The van der Waals surface area contributed by atoms with Crippen LogP contribution in [0.1, 0.15) is 12.5 Å². The molecule has 0 aliphatic carbocycles. The van der Waals surface area contributed by atoms with E-state index in [9.17, 15) is 4.79 Å². The molecule has 3 rings (SSSR count). The number of piperazine rings is 1. The summed E-state index contributed by atoms with van der Waals surface area (Å²) in [6, 6.07) is 13.5. The SMILES string of the molecule is CCc1ccccc1NC(=O)N1CCN(c2ccc(Cl)c(Cl)c2)CC1. The maximum absolute atomic E-state index is 12.5. The van der Waals surface area contributed by atoms with Gasteiger partial charge in [0, 0.05) is 37.6 Å². The molecule has 0 saturated carbocycles. The van der Waals surface area contributed by atoms with E-state index in [2.05, 4.69) is 17.1 Å². The first kappa shape index (κ1) is 17.9. The number of anilines is 2. The van der Waals surface area contributed by atoms with Gasteiger partial charge in [0.1, 0.15) is 0 Å². The fraction of sp³-hybridized carbons (Fsp3) is 0.316. The third-order valence-electron chi connectivity index (χ3n) is 4.48. The fourth-order valence-corrected chi connectivity index (χ4v) is 3.29. The van der Waals surface area contributed by atoms with Gasteiger partial charge in [0.25, 0.3) is 0 Å². The van der Waals surface area contributed by atoms with Gasteiger partial charge in [-0.2, -0.15) is 0 Å². The molecule has 0 aromatic heterocycles. The summed E-state index contributed by atoms with van der Waals surface area (Å²) < 4.78 is 0. The monoisotopic (exact) mass is 377 g/mol. The van der Waals surface area contributed by atoms with Crippen molar-refractivity contribution in [3.8, 4) is 0 Å². The van der Waals surface area contributed by atoms with Crippen molar-refractivity contribution in [2.75, 3.05) is 36.4 Å². The van der Waals surface area contributed by atoms with Crippen molar-refractivity contribution < 1.29 is 4.79 Å². The van der Waals surface area contributed by atoms with Gasteiger partial charge in [-0.25, -0.2) is 4.79 Å². The van der Waals surface area contributed by atoms with Crippen LogP contribution in [0.5, 0.6) is 0 Å². The van der Waals surface area contributed by atoms with Crippen LogP contribution in [0.25, 0.3) is 0 Å². The molecule has 2 aromatic carbocycles. The van der Waals surface area contributed by atoms with Crippen molar-refractivity contribution in [2.24, 2.45) is 0 Å². The van der Waals surface area contributed by atoms with E-state index in [-0.39, 0.29) is 6.03 Å². The van der Waals surface area contributed by atoms with Gasteiger partial charge < -0.3 is 15.1 Å². The lowest BCUT2D eigenvalue weighted by atomic mass is 10.1. The normalized spacial score (nSPS) is 14.5. The average molecular weight is 378 g/mol. The smallest absolute Gasteiger partial charge is 0.321 e. The first-order valence-corrected chi connectivity index (χ1v) is 9.18. The summed E-state index contributed by atoms with van der Waals surface area (Å²) in [5.74, 6) is 0. The Morgan fingerprint density at radius 1 is 1.04 bits per heavy atom. The van der Waals surface area contributed by atoms with E-state index < -0.39 is 0 Å². The second-order valence-corrected chi connectivity index (χ2v) is 6.83. The van der Waals surface area contributed by atoms with Crippen LogP contribution in [-0.4, -0.2) is 37.1 Å². The number of halogens is 2. The van der Waals surface area contributed by atoms with Gasteiger partial charge in [0.2, 0.25) is 0 Å². The minimum absolute atomic E-state index is 0.0466. The number of para-hydroxylation sites is 1. The highest BCUT2D eigenvalue weighted by Gasteiger charge is 2.22. The zero-order valence-corrected chi connectivity index (χ0v) is 15.6. The van der Waals surface area contributed by atoms with E-state index in [1.807, 2.05) is 41.3 Å². The molecular weight excluding hydrogens is 357 g/mol. The predicted molar refractivity (Wildman–Crippen MR) is 105 cm³/mol. The molecule has 4 nitrogen and oxygen atoms in total. The van der Waals surface area contributed by atoms with Crippen LogP contribution < -0.4 is 10.2 Å². The molecule has 1 heterocycles. The van der Waals surface area contributed by atoms with Crippen molar-refractivity contribution in [1.82, 2.24) is 4.90 Å². The van der Waals surface area contributed by atoms with E-state index >= 15 is 0 Å². The van der Waals surface area contributed by atoms with Crippen molar-refractivity contribution >= 4 is 40.6 Å². The molecule has 25 heavy (non-hydrogen) atoms. The number of carbonyl (C=O) groups is 1. The summed E-state index contributed by atoms with van der Waals surface area (Å²) in [4.78, 5) is 16.6. The van der Waals surface area contributed by atoms with Gasteiger partial charge in [0.05, 0.1) is 10.0 Å². The van der Waals surface area contributed by atoms with Crippen LogP contribution in [0, 0.1) is 0 Å². The second-order valence-electron chi connectivity index (χ2n) is 6.01. The lowest BCUT2D eigenvalue weighted by Crippen LogP contribution is -2.50. The lowest BCUT2D eigenvalue weighted by Gasteiger charge is -2.36. The summed E-state index contributed by atoms with van der Waals surface area (Å²) in [5, 5.41) is 4.14. The van der Waals surface area contributed by atoms with E-state index in [4.69, 9.17) is 23.2 Å².